The van der Waals surface area contributed by atoms with Gasteiger partial charge >= 0.3 is 5.97 Å². The molecule has 0 aliphatic heterocycles. The summed E-state index contributed by atoms with van der Waals surface area (Å²) < 4.78 is 0. The number of carbonyl (C=O) groups excluding carboxylic acids is 5. The van der Waals surface area contributed by atoms with Crippen molar-refractivity contribution in [2.24, 2.45) is 17.2 Å². The lowest BCUT2D eigenvalue weighted by Crippen LogP contribution is -2.57. The normalized spacial score (nSPS) is 13.2. The molecule has 1 heterocycles. The highest BCUT2D eigenvalue weighted by atomic mass is 16.4. The van der Waals surface area contributed by atoms with Crippen LogP contribution in [0, 0.1) is 0 Å². The van der Waals surface area contributed by atoms with E-state index < -0.39 is 66.6 Å². The van der Waals surface area contributed by atoms with Gasteiger partial charge in [-0.25, -0.2) is 4.79 Å². The van der Waals surface area contributed by atoms with Gasteiger partial charge in [-0.15, -0.1) is 0 Å². The van der Waals surface area contributed by atoms with Crippen molar-refractivity contribution in [2.45, 2.75) is 43.8 Å². The van der Waals surface area contributed by atoms with Crippen LogP contribution in [0.15, 0.2) is 30.5 Å². The van der Waals surface area contributed by atoms with Gasteiger partial charge in [-0.1, -0.05) is 18.2 Å². The number of nitrogens with two attached hydrogens (primary N) is 3. The molecule has 0 fully saturated rings. The first kappa shape index (κ1) is 27.8. The van der Waals surface area contributed by atoms with E-state index in [0.717, 1.165) is 10.9 Å². The molecule has 2 rings (SSSR count). The highest BCUT2D eigenvalue weighted by Crippen LogP contribution is 2.19. The van der Waals surface area contributed by atoms with Crippen LogP contribution in [0.4, 0.5) is 0 Å². The summed E-state index contributed by atoms with van der Waals surface area (Å²) in [6.07, 6.45) is 0.451. The number of carbonyl (C=O) groups is 6. The van der Waals surface area contributed by atoms with E-state index in [2.05, 4.69) is 20.9 Å². The number of hydrogen-bond donors (Lipinski definition) is 8. The largest absolute Gasteiger partial charge is 0.480 e. The molecule has 1 aromatic carbocycles. The second kappa shape index (κ2) is 12.9. The number of nitrogens with one attached hydrogen (secondary N) is 4. The number of hydrogen-bond acceptors (Lipinski definition) is 7. The molecule has 11 N–H and O–H groups in total. The second-order valence-corrected chi connectivity index (χ2v) is 8.02. The van der Waals surface area contributed by atoms with Crippen molar-refractivity contribution in [3.05, 3.63) is 36.0 Å². The molecule has 0 aliphatic rings. The van der Waals surface area contributed by atoms with Gasteiger partial charge in [0.1, 0.15) is 18.1 Å². The first-order valence-corrected chi connectivity index (χ1v) is 11.0. The molecular formula is C22H29N7O7. The molecule has 14 heteroatoms. The van der Waals surface area contributed by atoms with E-state index in [1.54, 1.807) is 24.4 Å². The maximum Gasteiger partial charge on any atom is 0.326 e. The molecule has 0 saturated carbocycles. The smallest absolute Gasteiger partial charge is 0.326 e. The third kappa shape index (κ3) is 8.09. The predicted molar refractivity (Wildman–Crippen MR) is 127 cm³/mol. The number of carboxylic acids is 1. The van der Waals surface area contributed by atoms with Crippen molar-refractivity contribution in [3.63, 3.8) is 0 Å². The molecule has 0 bridgehead atoms. The van der Waals surface area contributed by atoms with Gasteiger partial charge in [0.2, 0.25) is 29.5 Å². The Balaban J connectivity index is 2.32. The van der Waals surface area contributed by atoms with Gasteiger partial charge in [-0.2, -0.15) is 0 Å². The zero-order valence-electron chi connectivity index (χ0n) is 19.3. The Morgan fingerprint density at radius 2 is 1.53 bits per heavy atom. The summed E-state index contributed by atoms with van der Waals surface area (Å²) in [6, 6.07) is 3.00. The van der Waals surface area contributed by atoms with Crippen LogP contribution in [-0.4, -0.2) is 70.3 Å². The van der Waals surface area contributed by atoms with Crippen LogP contribution in [0.25, 0.3) is 10.9 Å². The summed E-state index contributed by atoms with van der Waals surface area (Å²) in [4.78, 5) is 74.9. The van der Waals surface area contributed by atoms with Crippen LogP contribution in [0.1, 0.15) is 24.8 Å². The minimum atomic E-state index is -1.45. The maximum absolute atomic E-state index is 13.1. The Kier molecular flexibility index (Phi) is 9.92. The summed E-state index contributed by atoms with van der Waals surface area (Å²) in [7, 11) is 0. The number of para-hydroxylation sites is 1. The molecule has 1 aromatic heterocycles. The van der Waals surface area contributed by atoms with Crippen LogP contribution in [-0.2, 0) is 35.2 Å². The van der Waals surface area contributed by atoms with Gasteiger partial charge in [-0.05, 0) is 18.1 Å². The second-order valence-electron chi connectivity index (χ2n) is 8.02. The monoisotopic (exact) mass is 503 g/mol. The van der Waals surface area contributed by atoms with Crippen molar-refractivity contribution in [1.29, 1.82) is 0 Å². The van der Waals surface area contributed by atoms with E-state index in [4.69, 9.17) is 17.2 Å². The van der Waals surface area contributed by atoms with Gasteiger partial charge in [0.25, 0.3) is 0 Å². The first-order valence-electron chi connectivity index (χ1n) is 11.0. The lowest BCUT2D eigenvalue weighted by atomic mass is 10.0. The number of rotatable bonds is 14. The third-order valence-electron chi connectivity index (χ3n) is 5.27. The fourth-order valence-corrected chi connectivity index (χ4v) is 3.48. The quantitative estimate of drug-likeness (QED) is 0.135. The fraction of sp³-hybridized carbons (Fsp3) is 0.364. The van der Waals surface area contributed by atoms with Crippen LogP contribution in [0.2, 0.25) is 0 Å². The number of amides is 5. The summed E-state index contributed by atoms with van der Waals surface area (Å²) in [5.74, 6) is -5.53. The number of aromatic nitrogens is 1. The van der Waals surface area contributed by atoms with Gasteiger partial charge < -0.3 is 43.2 Å². The summed E-state index contributed by atoms with van der Waals surface area (Å²) in [5, 5.41) is 17.2. The van der Waals surface area contributed by atoms with Crippen molar-refractivity contribution >= 4 is 46.4 Å². The first-order chi connectivity index (χ1) is 17.0. The number of benzene rings is 1. The molecule has 36 heavy (non-hydrogen) atoms. The lowest BCUT2D eigenvalue weighted by molar-refractivity contribution is -0.142. The maximum atomic E-state index is 13.1. The molecule has 0 radical (unpaired) electrons. The van der Waals surface area contributed by atoms with E-state index in [1.807, 2.05) is 6.07 Å². The molecule has 194 valence electrons. The van der Waals surface area contributed by atoms with Gasteiger partial charge in [0, 0.05) is 29.9 Å². The van der Waals surface area contributed by atoms with Crippen molar-refractivity contribution in [3.8, 4) is 0 Å². The Labute approximate surface area is 205 Å². The molecule has 3 unspecified atom stereocenters. The average molecular weight is 504 g/mol. The minimum Gasteiger partial charge on any atom is -0.480 e. The van der Waals surface area contributed by atoms with Gasteiger partial charge in [0.05, 0.1) is 13.0 Å². The molecule has 5 amide bonds. The zero-order valence-corrected chi connectivity index (χ0v) is 19.3. The predicted octanol–water partition coefficient (Wildman–Crippen LogP) is -2.65. The van der Waals surface area contributed by atoms with Crippen LogP contribution >= 0.6 is 0 Å². The van der Waals surface area contributed by atoms with E-state index in [-0.39, 0.29) is 19.3 Å². The number of aliphatic carboxylic acids is 1. The highest BCUT2D eigenvalue weighted by Gasteiger charge is 2.31. The average Bonchev–Trinajstić information content (AvgIpc) is 3.22. The van der Waals surface area contributed by atoms with E-state index in [0.29, 0.717) is 5.56 Å². The minimum absolute atomic E-state index is 0.0716. The highest BCUT2D eigenvalue weighted by molar-refractivity contribution is 5.96. The Morgan fingerprint density at radius 3 is 2.14 bits per heavy atom. The Morgan fingerprint density at radius 1 is 0.889 bits per heavy atom. The number of carboxylic acid groups (broad SMARTS) is 1. The summed E-state index contributed by atoms with van der Waals surface area (Å²) in [6.45, 7) is -0.456. The standard InChI is InChI=1S/C22H29N7O7/c23-9-19(32)27-16(8-18(25)31)21(34)29-15(7-11-10-26-13-4-2-1-3-12(11)13)20(33)28-14(22(35)36)5-6-17(24)30/h1-4,10,14-16,26H,5-9,23H2,(H2,24,30)(H2,25,31)(H,27,32)(H,28,33)(H,29,34)(H,35,36). The summed E-state index contributed by atoms with van der Waals surface area (Å²) >= 11 is 0. The topological polar surface area (TPSA) is 253 Å². The molecule has 14 nitrogen and oxygen atoms in total. The molecule has 0 saturated heterocycles. The van der Waals surface area contributed by atoms with E-state index in [9.17, 15) is 33.9 Å². The Hall–Kier alpha value is -4.46. The molecule has 3 atom stereocenters. The van der Waals surface area contributed by atoms with E-state index in [1.165, 1.54) is 0 Å². The lowest BCUT2D eigenvalue weighted by Gasteiger charge is -2.24. The van der Waals surface area contributed by atoms with Crippen LogP contribution in [0.3, 0.4) is 0 Å². The Bertz CT molecular complexity index is 1150. The molecule has 0 aliphatic carbocycles. The van der Waals surface area contributed by atoms with Gasteiger partial charge in [-0.3, -0.25) is 24.0 Å². The van der Waals surface area contributed by atoms with Crippen molar-refractivity contribution < 1.29 is 33.9 Å². The molecule has 0 spiro atoms. The number of H-pyrrole nitrogens is 1. The van der Waals surface area contributed by atoms with Crippen LogP contribution < -0.4 is 33.2 Å². The van der Waals surface area contributed by atoms with Crippen LogP contribution in [0.5, 0.6) is 0 Å². The fourth-order valence-electron chi connectivity index (χ4n) is 3.48. The molecule has 2 aromatic rings. The van der Waals surface area contributed by atoms with E-state index >= 15 is 0 Å². The van der Waals surface area contributed by atoms with Crippen molar-refractivity contribution in [1.82, 2.24) is 20.9 Å². The van der Waals surface area contributed by atoms with Crippen molar-refractivity contribution in [2.75, 3.05) is 6.54 Å². The molecular weight excluding hydrogens is 474 g/mol. The summed E-state index contributed by atoms with van der Waals surface area (Å²) in [5.41, 5.74) is 16.9. The zero-order chi connectivity index (χ0) is 26.8. The van der Waals surface area contributed by atoms with Gasteiger partial charge in [0.15, 0.2) is 0 Å². The number of primary amides is 2. The SMILES string of the molecule is NCC(=O)NC(CC(N)=O)C(=O)NC(Cc1c[nH]c2ccccc12)C(=O)NC(CCC(N)=O)C(=O)O. The number of fused-ring (bicyclic) bond motifs is 1. The number of aromatic amines is 1. The third-order valence-corrected chi connectivity index (χ3v) is 5.27.